The van der Waals surface area contributed by atoms with E-state index < -0.39 is 0 Å². The van der Waals surface area contributed by atoms with Crippen LogP contribution < -0.4 is 10.5 Å². The van der Waals surface area contributed by atoms with Crippen molar-refractivity contribution in [2.75, 3.05) is 0 Å². The molecule has 2 heterocycles. The van der Waals surface area contributed by atoms with Crippen LogP contribution in [0.1, 0.15) is 11.3 Å². The molecule has 0 aromatic carbocycles. The number of rotatable bonds is 3. The first-order valence-corrected chi connectivity index (χ1v) is 5.50. The molecule has 0 amide bonds. The Hall–Kier alpha value is -1.59. The highest BCUT2D eigenvalue weighted by Crippen LogP contribution is 2.27. The van der Waals surface area contributed by atoms with Crippen LogP contribution in [0, 0.1) is 6.92 Å². The third-order valence-electron chi connectivity index (χ3n) is 2.39. The fraction of sp³-hybridized carbons (Fsp3) is 0.273. The van der Waals surface area contributed by atoms with Crippen molar-refractivity contribution in [3.05, 3.63) is 34.7 Å². The zero-order valence-electron chi connectivity index (χ0n) is 9.64. The van der Waals surface area contributed by atoms with Crippen LogP contribution in [-0.4, -0.2) is 14.8 Å². The molecule has 17 heavy (non-hydrogen) atoms. The summed E-state index contributed by atoms with van der Waals surface area (Å²) in [5.41, 5.74) is 7.42. The van der Waals surface area contributed by atoms with Crippen molar-refractivity contribution >= 4 is 11.6 Å². The topological polar surface area (TPSA) is 66.0 Å². The molecule has 0 aliphatic rings. The molecule has 2 rings (SSSR count). The molecule has 0 bridgehead atoms. The van der Waals surface area contributed by atoms with E-state index in [-0.39, 0.29) is 0 Å². The number of pyridine rings is 1. The fourth-order valence-corrected chi connectivity index (χ4v) is 1.77. The second kappa shape index (κ2) is 4.73. The van der Waals surface area contributed by atoms with Gasteiger partial charge in [0, 0.05) is 25.9 Å². The Morgan fingerprint density at radius 2 is 2.24 bits per heavy atom. The average molecular weight is 253 g/mol. The van der Waals surface area contributed by atoms with E-state index in [1.165, 1.54) is 0 Å². The molecule has 0 radical (unpaired) electrons. The van der Waals surface area contributed by atoms with Crippen molar-refractivity contribution in [1.82, 2.24) is 14.8 Å². The molecule has 0 aliphatic carbocycles. The molecule has 6 heteroatoms. The Balaban J connectivity index is 2.36. The van der Waals surface area contributed by atoms with Gasteiger partial charge >= 0.3 is 0 Å². The first kappa shape index (κ1) is 11.9. The lowest BCUT2D eigenvalue weighted by Crippen LogP contribution is -2.01. The molecule has 0 fully saturated rings. The highest BCUT2D eigenvalue weighted by Gasteiger charge is 2.14. The quantitative estimate of drug-likeness (QED) is 0.908. The zero-order valence-corrected chi connectivity index (χ0v) is 10.4. The first-order chi connectivity index (χ1) is 8.11. The van der Waals surface area contributed by atoms with Crippen molar-refractivity contribution in [3.8, 4) is 11.6 Å². The average Bonchev–Trinajstić information content (AvgIpc) is 2.53. The van der Waals surface area contributed by atoms with Gasteiger partial charge < -0.3 is 10.5 Å². The van der Waals surface area contributed by atoms with Crippen molar-refractivity contribution in [2.24, 2.45) is 12.8 Å². The Labute approximate surface area is 104 Å². The number of aryl methyl sites for hydroxylation is 2. The number of ether oxygens (including phenoxy) is 1. The molecule has 0 aliphatic heterocycles. The summed E-state index contributed by atoms with van der Waals surface area (Å²) in [6.07, 6.45) is 3.14. The fourth-order valence-electron chi connectivity index (χ4n) is 1.60. The maximum atomic E-state index is 5.84. The van der Waals surface area contributed by atoms with Crippen LogP contribution in [0.2, 0.25) is 5.02 Å². The Bertz CT molecular complexity index is 538. The summed E-state index contributed by atoms with van der Waals surface area (Å²) in [4.78, 5) is 3.95. The lowest BCUT2D eigenvalue weighted by Gasteiger charge is -2.07. The van der Waals surface area contributed by atoms with Gasteiger partial charge in [-0.1, -0.05) is 11.6 Å². The first-order valence-electron chi connectivity index (χ1n) is 5.12. The lowest BCUT2D eigenvalue weighted by molar-refractivity contribution is 0.424. The maximum Gasteiger partial charge on any atom is 0.222 e. The summed E-state index contributed by atoms with van der Waals surface area (Å²) in [5.74, 6) is 1.18. The molecule has 0 unspecified atom stereocenters. The molecule has 2 aromatic rings. The minimum absolute atomic E-state index is 0.378. The van der Waals surface area contributed by atoms with Crippen LogP contribution in [0.15, 0.2) is 18.5 Å². The Kier molecular flexibility index (Phi) is 3.31. The van der Waals surface area contributed by atoms with Gasteiger partial charge in [-0.3, -0.25) is 4.98 Å². The molecule has 90 valence electrons. The van der Waals surface area contributed by atoms with E-state index in [1.54, 1.807) is 30.2 Å². The molecule has 5 nitrogen and oxygen atoms in total. The van der Waals surface area contributed by atoms with Crippen molar-refractivity contribution in [3.63, 3.8) is 0 Å². The minimum atomic E-state index is 0.378. The van der Waals surface area contributed by atoms with E-state index in [2.05, 4.69) is 10.1 Å². The predicted octanol–water partition coefficient (Wildman–Crippen LogP) is 2.03. The van der Waals surface area contributed by atoms with Gasteiger partial charge in [0.05, 0.1) is 22.5 Å². The largest absolute Gasteiger partial charge is 0.437 e. The highest BCUT2D eigenvalue weighted by molar-refractivity contribution is 6.30. The standard InChI is InChI=1S/C11H13ClN4O/c1-7-10(4-13)11(16(2)15-7)17-9-3-8(12)5-14-6-9/h3,5-6H,4,13H2,1-2H3. The number of hydrogen-bond acceptors (Lipinski definition) is 4. The molecule has 0 atom stereocenters. The van der Waals surface area contributed by atoms with E-state index in [9.17, 15) is 0 Å². The van der Waals surface area contributed by atoms with Crippen LogP contribution in [-0.2, 0) is 13.6 Å². The number of hydrogen-bond donors (Lipinski definition) is 1. The van der Waals surface area contributed by atoms with Crippen LogP contribution >= 0.6 is 11.6 Å². The number of nitrogens with two attached hydrogens (primary N) is 1. The van der Waals surface area contributed by atoms with Crippen LogP contribution in [0.4, 0.5) is 0 Å². The van der Waals surface area contributed by atoms with Crippen LogP contribution in [0.5, 0.6) is 11.6 Å². The number of halogens is 1. The molecule has 0 spiro atoms. The van der Waals surface area contributed by atoms with E-state index in [0.717, 1.165) is 11.3 Å². The second-order valence-electron chi connectivity index (χ2n) is 3.64. The van der Waals surface area contributed by atoms with Crippen molar-refractivity contribution in [2.45, 2.75) is 13.5 Å². The summed E-state index contributed by atoms with van der Waals surface area (Å²) in [6.45, 7) is 2.27. The summed E-state index contributed by atoms with van der Waals surface area (Å²) in [7, 11) is 1.81. The predicted molar refractivity (Wildman–Crippen MR) is 65.2 cm³/mol. The Morgan fingerprint density at radius 3 is 2.88 bits per heavy atom. The third-order valence-corrected chi connectivity index (χ3v) is 2.59. The molecule has 2 N–H and O–H groups in total. The van der Waals surface area contributed by atoms with Gasteiger partial charge in [-0.25, -0.2) is 4.68 Å². The van der Waals surface area contributed by atoms with E-state index in [1.807, 2.05) is 6.92 Å². The smallest absolute Gasteiger partial charge is 0.222 e. The lowest BCUT2D eigenvalue weighted by atomic mass is 10.2. The van der Waals surface area contributed by atoms with Crippen LogP contribution in [0.3, 0.4) is 0 Å². The van der Waals surface area contributed by atoms with Gasteiger partial charge in [0.15, 0.2) is 0 Å². The van der Waals surface area contributed by atoms with Crippen molar-refractivity contribution < 1.29 is 4.74 Å². The molecule has 0 saturated heterocycles. The molecule has 2 aromatic heterocycles. The third kappa shape index (κ3) is 2.40. The molecular weight excluding hydrogens is 240 g/mol. The van der Waals surface area contributed by atoms with E-state index in [0.29, 0.717) is 23.2 Å². The second-order valence-corrected chi connectivity index (χ2v) is 4.07. The number of nitrogens with zero attached hydrogens (tertiary/aromatic N) is 3. The normalized spacial score (nSPS) is 10.6. The van der Waals surface area contributed by atoms with Gasteiger partial charge in [-0.05, 0) is 6.92 Å². The molecular formula is C11H13ClN4O. The molecule has 0 saturated carbocycles. The summed E-state index contributed by atoms with van der Waals surface area (Å²) in [5, 5.41) is 4.78. The maximum absolute atomic E-state index is 5.84. The monoisotopic (exact) mass is 252 g/mol. The van der Waals surface area contributed by atoms with Gasteiger partial charge in [0.25, 0.3) is 0 Å². The van der Waals surface area contributed by atoms with E-state index >= 15 is 0 Å². The van der Waals surface area contributed by atoms with Crippen molar-refractivity contribution in [1.29, 1.82) is 0 Å². The van der Waals surface area contributed by atoms with Gasteiger partial charge in [-0.15, -0.1) is 0 Å². The zero-order chi connectivity index (χ0) is 12.4. The number of aromatic nitrogens is 3. The van der Waals surface area contributed by atoms with Gasteiger partial charge in [-0.2, -0.15) is 5.10 Å². The summed E-state index contributed by atoms with van der Waals surface area (Å²) < 4.78 is 7.36. The SMILES string of the molecule is Cc1nn(C)c(Oc2cncc(Cl)c2)c1CN. The summed E-state index contributed by atoms with van der Waals surface area (Å²) in [6, 6.07) is 1.69. The van der Waals surface area contributed by atoms with Gasteiger partial charge in [0.1, 0.15) is 5.75 Å². The van der Waals surface area contributed by atoms with Crippen LogP contribution in [0.25, 0.3) is 0 Å². The van der Waals surface area contributed by atoms with Gasteiger partial charge in [0.2, 0.25) is 5.88 Å². The Morgan fingerprint density at radius 1 is 1.47 bits per heavy atom. The summed E-state index contributed by atoms with van der Waals surface area (Å²) >= 11 is 5.84. The minimum Gasteiger partial charge on any atom is -0.437 e. The highest BCUT2D eigenvalue weighted by atomic mass is 35.5. The van der Waals surface area contributed by atoms with E-state index in [4.69, 9.17) is 22.1 Å².